The summed E-state index contributed by atoms with van der Waals surface area (Å²) in [6.07, 6.45) is 0.428. The Balaban J connectivity index is 2.34. The van der Waals surface area contributed by atoms with Gasteiger partial charge in [0.15, 0.2) is 0 Å². The maximum absolute atomic E-state index is 13.9. The predicted molar refractivity (Wildman–Crippen MR) is 77.7 cm³/mol. The molecule has 2 rings (SSSR count). The van der Waals surface area contributed by atoms with E-state index in [0.717, 1.165) is 11.1 Å². The van der Waals surface area contributed by atoms with E-state index in [9.17, 15) is 13.2 Å². The van der Waals surface area contributed by atoms with E-state index in [1.807, 2.05) is 32.0 Å². The first-order chi connectivity index (χ1) is 9.92. The molecule has 0 radical (unpaired) electrons. The van der Waals surface area contributed by atoms with Crippen molar-refractivity contribution in [2.75, 3.05) is 7.05 Å². The molecule has 1 nitrogen and oxygen atoms in total. The average molecular weight is 293 g/mol. The second kappa shape index (κ2) is 6.31. The van der Waals surface area contributed by atoms with Crippen LogP contribution in [0.3, 0.4) is 0 Å². The van der Waals surface area contributed by atoms with Gasteiger partial charge < -0.3 is 5.32 Å². The van der Waals surface area contributed by atoms with Gasteiger partial charge in [0.1, 0.15) is 17.5 Å². The molecule has 0 heterocycles. The molecule has 1 N–H and O–H groups in total. The molecule has 2 aromatic rings. The van der Waals surface area contributed by atoms with Crippen LogP contribution in [0.2, 0.25) is 0 Å². The van der Waals surface area contributed by atoms with Crippen LogP contribution in [-0.4, -0.2) is 7.05 Å². The molecule has 0 saturated heterocycles. The van der Waals surface area contributed by atoms with E-state index in [0.29, 0.717) is 18.6 Å². The van der Waals surface area contributed by atoms with Crippen LogP contribution in [0.25, 0.3) is 0 Å². The van der Waals surface area contributed by atoms with Gasteiger partial charge in [0, 0.05) is 23.7 Å². The SMILES string of the molecule is CNC(Cc1ccc(C)c(C)c1)c1c(F)cc(F)cc1F. The van der Waals surface area contributed by atoms with Crippen LogP contribution in [0.15, 0.2) is 30.3 Å². The van der Waals surface area contributed by atoms with Gasteiger partial charge in [0.05, 0.1) is 0 Å². The molecule has 0 saturated carbocycles. The molecule has 0 bridgehead atoms. The Hall–Kier alpha value is -1.81. The van der Waals surface area contributed by atoms with Gasteiger partial charge in [-0.05, 0) is 44.0 Å². The Morgan fingerprint density at radius 3 is 2.10 bits per heavy atom. The van der Waals surface area contributed by atoms with Gasteiger partial charge in [-0.3, -0.25) is 0 Å². The Bertz CT molecular complexity index is 629. The maximum atomic E-state index is 13.9. The third kappa shape index (κ3) is 3.45. The Morgan fingerprint density at radius 1 is 0.952 bits per heavy atom. The summed E-state index contributed by atoms with van der Waals surface area (Å²) in [5, 5.41) is 2.90. The van der Waals surface area contributed by atoms with Crippen molar-refractivity contribution < 1.29 is 13.2 Å². The third-order valence-electron chi connectivity index (χ3n) is 3.75. The van der Waals surface area contributed by atoms with E-state index in [1.54, 1.807) is 7.05 Å². The fourth-order valence-electron chi connectivity index (χ4n) is 2.40. The molecule has 0 aliphatic rings. The number of halogens is 3. The lowest BCUT2D eigenvalue weighted by atomic mass is 9.96. The lowest BCUT2D eigenvalue weighted by Gasteiger charge is -2.19. The fraction of sp³-hybridized carbons (Fsp3) is 0.294. The Labute approximate surface area is 122 Å². The molecule has 2 aromatic carbocycles. The zero-order chi connectivity index (χ0) is 15.6. The summed E-state index contributed by atoms with van der Waals surface area (Å²) in [4.78, 5) is 0. The topological polar surface area (TPSA) is 12.0 Å². The van der Waals surface area contributed by atoms with E-state index in [-0.39, 0.29) is 5.56 Å². The Morgan fingerprint density at radius 2 is 1.57 bits per heavy atom. The number of aryl methyl sites for hydroxylation is 2. The summed E-state index contributed by atoms with van der Waals surface area (Å²) in [6.45, 7) is 4.00. The molecule has 112 valence electrons. The van der Waals surface area contributed by atoms with Gasteiger partial charge in [-0.15, -0.1) is 0 Å². The van der Waals surface area contributed by atoms with Crippen LogP contribution >= 0.6 is 0 Å². The summed E-state index contributed by atoms with van der Waals surface area (Å²) >= 11 is 0. The van der Waals surface area contributed by atoms with Crippen LogP contribution < -0.4 is 5.32 Å². The van der Waals surface area contributed by atoms with Gasteiger partial charge >= 0.3 is 0 Å². The number of hydrogen-bond donors (Lipinski definition) is 1. The normalized spacial score (nSPS) is 12.5. The highest BCUT2D eigenvalue weighted by Gasteiger charge is 2.20. The Kier molecular flexibility index (Phi) is 4.68. The molecule has 1 unspecified atom stereocenters. The number of hydrogen-bond acceptors (Lipinski definition) is 1. The molecule has 0 aliphatic heterocycles. The second-order valence-electron chi connectivity index (χ2n) is 5.25. The van der Waals surface area contributed by atoms with Gasteiger partial charge in [-0.25, -0.2) is 13.2 Å². The van der Waals surface area contributed by atoms with Gasteiger partial charge in [0.25, 0.3) is 0 Å². The van der Waals surface area contributed by atoms with Crippen molar-refractivity contribution in [3.8, 4) is 0 Å². The first-order valence-corrected chi connectivity index (χ1v) is 6.80. The van der Waals surface area contributed by atoms with Crippen molar-refractivity contribution in [2.24, 2.45) is 0 Å². The number of rotatable bonds is 4. The van der Waals surface area contributed by atoms with E-state index in [4.69, 9.17) is 0 Å². The summed E-state index contributed by atoms with van der Waals surface area (Å²) in [7, 11) is 1.63. The molecule has 0 spiro atoms. The lowest BCUT2D eigenvalue weighted by Crippen LogP contribution is -2.21. The standard InChI is InChI=1S/C17H18F3N/c1-10-4-5-12(6-11(10)2)7-16(21-3)17-14(19)8-13(18)9-15(17)20/h4-6,8-9,16,21H,7H2,1-3H3. The molecule has 0 amide bonds. The van der Waals surface area contributed by atoms with E-state index >= 15 is 0 Å². The van der Waals surface area contributed by atoms with Crippen LogP contribution in [-0.2, 0) is 6.42 Å². The highest BCUT2D eigenvalue weighted by molar-refractivity contribution is 5.32. The maximum Gasteiger partial charge on any atom is 0.133 e. The van der Waals surface area contributed by atoms with Gasteiger partial charge in [-0.2, -0.15) is 0 Å². The first kappa shape index (κ1) is 15.6. The molecule has 0 aromatic heterocycles. The largest absolute Gasteiger partial charge is 0.313 e. The lowest BCUT2D eigenvalue weighted by molar-refractivity contribution is 0.475. The van der Waals surface area contributed by atoms with E-state index in [2.05, 4.69) is 5.32 Å². The highest BCUT2D eigenvalue weighted by atomic mass is 19.1. The highest BCUT2D eigenvalue weighted by Crippen LogP contribution is 2.25. The zero-order valence-electron chi connectivity index (χ0n) is 12.3. The molecule has 0 aliphatic carbocycles. The summed E-state index contributed by atoms with van der Waals surface area (Å²) in [6, 6.07) is 6.79. The summed E-state index contributed by atoms with van der Waals surface area (Å²) in [5.41, 5.74) is 3.14. The smallest absolute Gasteiger partial charge is 0.133 e. The molecule has 4 heteroatoms. The third-order valence-corrected chi connectivity index (χ3v) is 3.75. The quantitative estimate of drug-likeness (QED) is 0.890. The minimum absolute atomic E-state index is 0.128. The monoisotopic (exact) mass is 293 g/mol. The van der Waals surface area contributed by atoms with E-state index in [1.165, 1.54) is 5.56 Å². The van der Waals surface area contributed by atoms with Crippen molar-refractivity contribution in [1.82, 2.24) is 5.32 Å². The van der Waals surface area contributed by atoms with Crippen molar-refractivity contribution in [3.05, 3.63) is 70.0 Å². The first-order valence-electron chi connectivity index (χ1n) is 6.80. The number of benzene rings is 2. The van der Waals surface area contributed by atoms with Crippen molar-refractivity contribution in [2.45, 2.75) is 26.3 Å². The molecular weight excluding hydrogens is 275 g/mol. The molecule has 1 atom stereocenters. The minimum Gasteiger partial charge on any atom is -0.313 e. The average Bonchev–Trinajstić information content (AvgIpc) is 2.40. The van der Waals surface area contributed by atoms with Crippen molar-refractivity contribution in [1.29, 1.82) is 0 Å². The molecular formula is C17H18F3N. The summed E-state index contributed by atoms with van der Waals surface area (Å²) < 4.78 is 40.7. The van der Waals surface area contributed by atoms with E-state index < -0.39 is 23.5 Å². The fourth-order valence-corrected chi connectivity index (χ4v) is 2.40. The molecule has 0 fully saturated rings. The van der Waals surface area contributed by atoms with Crippen molar-refractivity contribution in [3.63, 3.8) is 0 Å². The van der Waals surface area contributed by atoms with Crippen LogP contribution in [0.1, 0.15) is 28.3 Å². The van der Waals surface area contributed by atoms with Gasteiger partial charge in [0.2, 0.25) is 0 Å². The predicted octanol–water partition coefficient (Wildman–Crippen LogP) is 4.22. The van der Waals surface area contributed by atoms with Crippen LogP contribution in [0, 0.1) is 31.3 Å². The minimum atomic E-state index is -0.908. The summed E-state index contributed by atoms with van der Waals surface area (Å²) in [5.74, 6) is -2.64. The van der Waals surface area contributed by atoms with Crippen LogP contribution in [0.4, 0.5) is 13.2 Å². The van der Waals surface area contributed by atoms with Gasteiger partial charge in [-0.1, -0.05) is 18.2 Å². The van der Waals surface area contributed by atoms with Crippen LogP contribution in [0.5, 0.6) is 0 Å². The number of nitrogens with one attached hydrogen (secondary N) is 1. The van der Waals surface area contributed by atoms with Crippen molar-refractivity contribution >= 4 is 0 Å². The second-order valence-corrected chi connectivity index (χ2v) is 5.25. The number of likely N-dealkylation sites (N-methyl/N-ethyl adjacent to an activating group) is 1. The molecule has 21 heavy (non-hydrogen) atoms. The zero-order valence-corrected chi connectivity index (χ0v) is 12.3.